The Balaban J connectivity index is 1.33. The van der Waals surface area contributed by atoms with E-state index in [1.54, 1.807) is 19.0 Å². The average Bonchev–Trinajstić information content (AvgIpc) is 2.68. The molecule has 1 heterocycles. The fourth-order valence-corrected chi connectivity index (χ4v) is 4.09. The molecule has 2 aliphatic rings. The highest BCUT2D eigenvalue weighted by Gasteiger charge is 2.29. The number of piperidine rings is 1. The smallest absolute Gasteiger partial charge is 0.253 e. The molecule has 0 N–H and O–H groups in total. The zero-order valence-electron chi connectivity index (χ0n) is 16.9. The van der Waals surface area contributed by atoms with Gasteiger partial charge in [0.15, 0.2) is 0 Å². The van der Waals surface area contributed by atoms with Gasteiger partial charge in [0, 0.05) is 38.8 Å². The number of likely N-dealkylation sites (tertiary alicyclic amines) is 1. The number of hydrogen-bond acceptors (Lipinski definition) is 3. The molecule has 0 radical (unpaired) electrons. The summed E-state index contributed by atoms with van der Waals surface area (Å²) in [4.78, 5) is 16.3. The number of nitrogens with zero attached hydrogens (tertiary/aromatic N) is 2. The molecule has 1 aliphatic carbocycles. The summed E-state index contributed by atoms with van der Waals surface area (Å²) in [6.07, 6.45) is 6.76. The maximum Gasteiger partial charge on any atom is 0.253 e. The second kappa shape index (κ2) is 8.36. The summed E-state index contributed by atoms with van der Waals surface area (Å²) in [6, 6.07) is 16.9. The topological polar surface area (TPSA) is 32.8 Å². The third-order valence-electron chi connectivity index (χ3n) is 6.10. The molecular weight excluding hydrogens is 348 g/mol. The van der Waals surface area contributed by atoms with Crippen LogP contribution in [-0.4, -0.2) is 55.0 Å². The van der Waals surface area contributed by atoms with E-state index in [2.05, 4.69) is 29.2 Å². The molecule has 2 aromatic carbocycles. The molecule has 28 heavy (non-hydrogen) atoms. The molecule has 1 aliphatic heterocycles. The highest BCUT2D eigenvalue weighted by atomic mass is 16.5. The molecule has 148 valence electrons. The van der Waals surface area contributed by atoms with Gasteiger partial charge in [-0.25, -0.2) is 0 Å². The Labute approximate surface area is 168 Å². The number of amides is 1. The molecule has 0 atom stereocenters. The number of hydrogen-bond donors (Lipinski definition) is 0. The van der Waals surface area contributed by atoms with Crippen LogP contribution in [0.5, 0.6) is 5.75 Å². The van der Waals surface area contributed by atoms with Crippen LogP contribution >= 0.6 is 0 Å². The Hall–Kier alpha value is -2.33. The van der Waals surface area contributed by atoms with Gasteiger partial charge in [-0.1, -0.05) is 30.7 Å². The van der Waals surface area contributed by atoms with Gasteiger partial charge in [0.25, 0.3) is 5.91 Å². The van der Waals surface area contributed by atoms with Crippen LogP contribution < -0.4 is 4.74 Å². The molecule has 2 aromatic rings. The molecule has 1 saturated carbocycles. The summed E-state index contributed by atoms with van der Waals surface area (Å²) in [7, 11) is 3.54. The minimum atomic E-state index is 0.0265. The molecule has 0 spiro atoms. The van der Waals surface area contributed by atoms with Crippen LogP contribution in [0.4, 0.5) is 0 Å². The Bertz CT molecular complexity index is 786. The van der Waals surface area contributed by atoms with E-state index in [0.717, 1.165) is 35.8 Å². The molecular formula is C24H30N2O2. The van der Waals surface area contributed by atoms with Crippen molar-refractivity contribution in [2.75, 3.05) is 27.2 Å². The molecule has 2 fully saturated rings. The van der Waals surface area contributed by atoms with Crippen LogP contribution in [0.1, 0.15) is 42.5 Å². The quantitative estimate of drug-likeness (QED) is 0.770. The van der Waals surface area contributed by atoms with Gasteiger partial charge in [-0.2, -0.15) is 0 Å². The molecule has 1 saturated heterocycles. The summed E-state index contributed by atoms with van der Waals surface area (Å²) < 4.78 is 6.23. The zero-order chi connectivity index (χ0) is 19.5. The second-order valence-corrected chi connectivity index (χ2v) is 8.24. The lowest BCUT2D eigenvalue weighted by Crippen LogP contribution is -2.46. The van der Waals surface area contributed by atoms with Crippen molar-refractivity contribution in [1.82, 2.24) is 9.80 Å². The van der Waals surface area contributed by atoms with Crippen molar-refractivity contribution >= 4 is 5.91 Å². The summed E-state index contributed by atoms with van der Waals surface area (Å²) >= 11 is 0. The summed E-state index contributed by atoms with van der Waals surface area (Å²) in [5.74, 6) is 0.976. The number of ether oxygens (including phenoxy) is 1. The normalized spacial score (nSPS) is 18.5. The summed E-state index contributed by atoms with van der Waals surface area (Å²) in [6.45, 7) is 2.34. The lowest BCUT2D eigenvalue weighted by atomic mass is 9.90. The molecule has 4 rings (SSSR count). The Morgan fingerprint density at radius 2 is 1.46 bits per heavy atom. The van der Waals surface area contributed by atoms with Gasteiger partial charge in [-0.3, -0.25) is 4.79 Å². The van der Waals surface area contributed by atoms with E-state index < -0.39 is 0 Å². The minimum absolute atomic E-state index is 0.0265. The third-order valence-corrected chi connectivity index (χ3v) is 6.10. The van der Waals surface area contributed by atoms with Crippen molar-refractivity contribution in [3.8, 4) is 16.9 Å². The lowest BCUT2D eigenvalue weighted by molar-refractivity contribution is 0.0493. The van der Waals surface area contributed by atoms with Crippen molar-refractivity contribution in [3.63, 3.8) is 0 Å². The van der Waals surface area contributed by atoms with Gasteiger partial charge in [0.2, 0.25) is 0 Å². The molecule has 4 heteroatoms. The summed E-state index contributed by atoms with van der Waals surface area (Å²) in [5, 5.41) is 0. The van der Waals surface area contributed by atoms with E-state index in [4.69, 9.17) is 4.74 Å². The first-order valence-corrected chi connectivity index (χ1v) is 10.4. The van der Waals surface area contributed by atoms with E-state index in [9.17, 15) is 4.79 Å². The third kappa shape index (κ3) is 4.22. The van der Waals surface area contributed by atoms with Gasteiger partial charge < -0.3 is 14.5 Å². The van der Waals surface area contributed by atoms with Crippen LogP contribution in [-0.2, 0) is 0 Å². The van der Waals surface area contributed by atoms with Crippen molar-refractivity contribution in [2.24, 2.45) is 0 Å². The number of carbonyl (C=O) groups excluding carboxylic acids is 1. The Kier molecular flexibility index (Phi) is 5.67. The van der Waals surface area contributed by atoms with Crippen LogP contribution in [0.3, 0.4) is 0 Å². The lowest BCUT2D eigenvalue weighted by Gasteiger charge is -2.41. The van der Waals surface area contributed by atoms with Crippen LogP contribution in [0.25, 0.3) is 11.1 Å². The number of benzene rings is 2. The molecule has 0 bridgehead atoms. The highest BCUT2D eigenvalue weighted by Crippen LogP contribution is 2.29. The first-order valence-electron chi connectivity index (χ1n) is 10.4. The van der Waals surface area contributed by atoms with Crippen molar-refractivity contribution in [3.05, 3.63) is 54.1 Å². The van der Waals surface area contributed by atoms with E-state index in [1.807, 2.05) is 24.3 Å². The van der Waals surface area contributed by atoms with E-state index in [0.29, 0.717) is 11.7 Å². The first-order chi connectivity index (χ1) is 13.6. The predicted molar refractivity (Wildman–Crippen MR) is 113 cm³/mol. The van der Waals surface area contributed by atoms with Gasteiger partial charge >= 0.3 is 0 Å². The van der Waals surface area contributed by atoms with E-state index in [-0.39, 0.29) is 5.91 Å². The zero-order valence-corrected chi connectivity index (χ0v) is 16.9. The van der Waals surface area contributed by atoms with Gasteiger partial charge in [-0.05, 0) is 61.1 Å². The SMILES string of the molecule is CN(C)C(=O)c1ccc(-c2ccc(OC3CCN(C4CCC4)CC3)cc2)cc1. The molecule has 0 unspecified atom stereocenters. The fourth-order valence-electron chi connectivity index (χ4n) is 4.09. The highest BCUT2D eigenvalue weighted by molar-refractivity contribution is 5.94. The monoisotopic (exact) mass is 378 g/mol. The Morgan fingerprint density at radius 1 is 0.893 bits per heavy atom. The number of carbonyl (C=O) groups is 1. The van der Waals surface area contributed by atoms with Gasteiger partial charge in [-0.15, -0.1) is 0 Å². The standard InChI is InChI=1S/C24H30N2O2/c1-25(2)24(27)20-8-6-18(7-9-20)19-10-12-22(13-11-19)28-23-14-16-26(17-15-23)21-4-3-5-21/h6-13,21,23H,3-5,14-17H2,1-2H3. The second-order valence-electron chi connectivity index (χ2n) is 8.24. The van der Waals surface area contributed by atoms with Crippen molar-refractivity contribution in [1.29, 1.82) is 0 Å². The number of rotatable bonds is 5. The van der Waals surface area contributed by atoms with Crippen LogP contribution in [0.2, 0.25) is 0 Å². The fraction of sp³-hybridized carbons (Fsp3) is 0.458. The average molecular weight is 379 g/mol. The summed E-state index contributed by atoms with van der Waals surface area (Å²) in [5.41, 5.74) is 2.95. The molecule has 1 amide bonds. The van der Waals surface area contributed by atoms with Gasteiger partial charge in [0.05, 0.1) is 0 Å². The van der Waals surface area contributed by atoms with Crippen LogP contribution in [0, 0.1) is 0 Å². The molecule has 0 aromatic heterocycles. The van der Waals surface area contributed by atoms with Crippen LogP contribution in [0.15, 0.2) is 48.5 Å². The maximum absolute atomic E-state index is 12.0. The molecule has 4 nitrogen and oxygen atoms in total. The largest absolute Gasteiger partial charge is 0.490 e. The van der Waals surface area contributed by atoms with E-state index >= 15 is 0 Å². The van der Waals surface area contributed by atoms with Gasteiger partial charge in [0.1, 0.15) is 11.9 Å². The minimum Gasteiger partial charge on any atom is -0.490 e. The maximum atomic E-state index is 12.0. The van der Waals surface area contributed by atoms with E-state index in [1.165, 1.54) is 32.4 Å². The first kappa shape index (κ1) is 19.0. The Morgan fingerprint density at radius 3 is 1.96 bits per heavy atom. The predicted octanol–water partition coefficient (Wildman–Crippen LogP) is 4.45. The van der Waals surface area contributed by atoms with Crippen molar-refractivity contribution in [2.45, 2.75) is 44.2 Å². The van der Waals surface area contributed by atoms with Crippen molar-refractivity contribution < 1.29 is 9.53 Å².